The maximum Gasteiger partial charge on any atom is 0.220 e. The molecule has 2 N–H and O–H groups in total. The summed E-state index contributed by atoms with van der Waals surface area (Å²) in [6.45, 7) is 2.23. The Morgan fingerprint density at radius 1 is 1.47 bits per heavy atom. The molecule has 0 heterocycles. The largest absolute Gasteiger partial charge is 0.387 e. The molecule has 0 saturated heterocycles. The van der Waals surface area contributed by atoms with E-state index in [9.17, 15) is 9.90 Å². The van der Waals surface area contributed by atoms with Gasteiger partial charge in [0.2, 0.25) is 5.91 Å². The molecule has 17 heavy (non-hydrogen) atoms. The topological polar surface area (TPSA) is 49.3 Å². The molecule has 0 aliphatic carbocycles. The number of nitrogens with one attached hydrogen (secondary N) is 1. The summed E-state index contributed by atoms with van der Waals surface area (Å²) in [5.74, 6) is -0.0297. The van der Waals surface area contributed by atoms with Gasteiger partial charge in [-0.2, -0.15) is 0 Å². The fourth-order valence-corrected chi connectivity index (χ4v) is 1.75. The Hall–Kier alpha value is -1.06. The predicted molar refractivity (Wildman–Crippen MR) is 68.9 cm³/mol. The van der Waals surface area contributed by atoms with Crippen molar-refractivity contribution in [1.82, 2.24) is 5.32 Å². The SMILES string of the molecule is CCCCC(=O)NCC(O)c1ccccc1Cl. The van der Waals surface area contributed by atoms with Crippen molar-refractivity contribution < 1.29 is 9.90 Å². The molecule has 1 atom stereocenters. The minimum absolute atomic E-state index is 0.0297. The molecule has 0 radical (unpaired) electrons. The number of carbonyl (C=O) groups excluding carboxylic acids is 1. The minimum Gasteiger partial charge on any atom is -0.387 e. The van der Waals surface area contributed by atoms with Gasteiger partial charge in [0.1, 0.15) is 0 Å². The van der Waals surface area contributed by atoms with Gasteiger partial charge >= 0.3 is 0 Å². The zero-order chi connectivity index (χ0) is 12.7. The molecule has 0 aliphatic heterocycles. The first-order valence-corrected chi connectivity index (χ1v) is 6.22. The number of benzene rings is 1. The van der Waals surface area contributed by atoms with E-state index < -0.39 is 6.10 Å². The van der Waals surface area contributed by atoms with Crippen LogP contribution in [0.15, 0.2) is 24.3 Å². The number of carbonyl (C=O) groups is 1. The lowest BCUT2D eigenvalue weighted by Crippen LogP contribution is -2.28. The van der Waals surface area contributed by atoms with Gasteiger partial charge in [0.25, 0.3) is 0 Å². The van der Waals surface area contributed by atoms with Gasteiger partial charge in [-0.1, -0.05) is 43.1 Å². The van der Waals surface area contributed by atoms with E-state index in [4.69, 9.17) is 11.6 Å². The molecule has 3 nitrogen and oxygen atoms in total. The zero-order valence-electron chi connectivity index (χ0n) is 9.95. The molecule has 0 fully saturated rings. The van der Waals surface area contributed by atoms with Crippen LogP contribution in [0.25, 0.3) is 0 Å². The van der Waals surface area contributed by atoms with E-state index >= 15 is 0 Å². The fourth-order valence-electron chi connectivity index (χ4n) is 1.49. The van der Waals surface area contributed by atoms with Crippen LogP contribution in [0.5, 0.6) is 0 Å². The highest BCUT2D eigenvalue weighted by molar-refractivity contribution is 6.31. The number of aliphatic hydroxyl groups is 1. The number of rotatable bonds is 6. The van der Waals surface area contributed by atoms with E-state index in [1.807, 2.05) is 13.0 Å². The van der Waals surface area contributed by atoms with E-state index in [1.54, 1.807) is 18.2 Å². The second-order valence-corrected chi connectivity index (χ2v) is 4.35. The number of unbranched alkanes of at least 4 members (excludes halogenated alkanes) is 1. The van der Waals surface area contributed by atoms with Gasteiger partial charge < -0.3 is 10.4 Å². The van der Waals surface area contributed by atoms with Crippen LogP contribution in [0.2, 0.25) is 5.02 Å². The average molecular weight is 256 g/mol. The Morgan fingerprint density at radius 2 is 2.18 bits per heavy atom. The maximum atomic E-state index is 11.4. The second-order valence-electron chi connectivity index (χ2n) is 3.94. The number of amides is 1. The van der Waals surface area contributed by atoms with Crippen molar-refractivity contribution in [3.8, 4) is 0 Å². The summed E-state index contributed by atoms with van der Waals surface area (Å²) in [5.41, 5.74) is 0.643. The molecule has 1 amide bonds. The monoisotopic (exact) mass is 255 g/mol. The molecule has 0 aliphatic rings. The third-order valence-electron chi connectivity index (χ3n) is 2.51. The van der Waals surface area contributed by atoms with Crippen molar-refractivity contribution >= 4 is 17.5 Å². The highest BCUT2D eigenvalue weighted by atomic mass is 35.5. The van der Waals surface area contributed by atoms with Crippen LogP contribution in [0.4, 0.5) is 0 Å². The normalized spacial score (nSPS) is 12.2. The number of hydrogen-bond donors (Lipinski definition) is 2. The second kappa shape index (κ2) is 7.30. The summed E-state index contributed by atoms with van der Waals surface area (Å²) in [7, 11) is 0. The quantitative estimate of drug-likeness (QED) is 0.821. The number of halogens is 1. The Labute approximate surface area is 107 Å². The molecule has 0 aromatic heterocycles. The Bertz CT molecular complexity index is 368. The van der Waals surface area contributed by atoms with Crippen LogP contribution in [-0.2, 0) is 4.79 Å². The maximum absolute atomic E-state index is 11.4. The highest BCUT2D eigenvalue weighted by Crippen LogP contribution is 2.21. The Balaban J connectivity index is 2.42. The first kappa shape index (κ1) is 14.0. The first-order chi connectivity index (χ1) is 8.15. The summed E-state index contributed by atoms with van der Waals surface area (Å²) in [6, 6.07) is 7.09. The van der Waals surface area contributed by atoms with Crippen molar-refractivity contribution in [2.45, 2.75) is 32.3 Å². The molecule has 4 heteroatoms. The lowest BCUT2D eigenvalue weighted by molar-refractivity contribution is -0.121. The lowest BCUT2D eigenvalue weighted by atomic mass is 10.1. The molecule has 1 aromatic carbocycles. The van der Waals surface area contributed by atoms with E-state index in [1.165, 1.54) is 0 Å². The molecular formula is C13H18ClNO2. The Kier molecular flexibility index (Phi) is 6.01. The fraction of sp³-hybridized carbons (Fsp3) is 0.462. The van der Waals surface area contributed by atoms with Gasteiger partial charge in [-0.25, -0.2) is 0 Å². The van der Waals surface area contributed by atoms with Crippen molar-refractivity contribution in [1.29, 1.82) is 0 Å². The van der Waals surface area contributed by atoms with E-state index in [-0.39, 0.29) is 12.5 Å². The van der Waals surface area contributed by atoms with Crippen molar-refractivity contribution in [2.75, 3.05) is 6.54 Å². The standard InChI is InChI=1S/C13H18ClNO2/c1-2-3-8-13(17)15-9-12(16)10-6-4-5-7-11(10)14/h4-7,12,16H,2-3,8-9H2,1H3,(H,15,17). The molecule has 0 bridgehead atoms. The number of aliphatic hydroxyl groups excluding tert-OH is 1. The van der Waals surface area contributed by atoms with Crippen LogP contribution in [0, 0.1) is 0 Å². The van der Waals surface area contributed by atoms with E-state index in [0.29, 0.717) is 17.0 Å². The smallest absolute Gasteiger partial charge is 0.220 e. The zero-order valence-corrected chi connectivity index (χ0v) is 10.7. The van der Waals surface area contributed by atoms with Gasteiger partial charge in [-0.3, -0.25) is 4.79 Å². The molecule has 0 saturated carbocycles. The van der Waals surface area contributed by atoms with Crippen molar-refractivity contribution in [3.05, 3.63) is 34.9 Å². The first-order valence-electron chi connectivity index (χ1n) is 5.84. The van der Waals surface area contributed by atoms with Gasteiger partial charge in [-0.05, 0) is 12.5 Å². The molecule has 94 valence electrons. The van der Waals surface area contributed by atoms with Crippen LogP contribution in [0.3, 0.4) is 0 Å². The number of hydrogen-bond acceptors (Lipinski definition) is 2. The summed E-state index contributed by atoms with van der Waals surface area (Å²) >= 11 is 5.95. The molecule has 0 spiro atoms. The lowest BCUT2D eigenvalue weighted by Gasteiger charge is -2.13. The van der Waals surface area contributed by atoms with Gasteiger partial charge in [0.05, 0.1) is 6.10 Å². The molecule has 1 aromatic rings. The molecule has 1 unspecified atom stereocenters. The third-order valence-corrected chi connectivity index (χ3v) is 2.86. The van der Waals surface area contributed by atoms with Crippen LogP contribution >= 0.6 is 11.6 Å². The summed E-state index contributed by atoms with van der Waals surface area (Å²) in [4.78, 5) is 11.4. The van der Waals surface area contributed by atoms with Gasteiger partial charge in [-0.15, -0.1) is 0 Å². The van der Waals surface area contributed by atoms with Crippen LogP contribution in [0.1, 0.15) is 37.9 Å². The van der Waals surface area contributed by atoms with Crippen molar-refractivity contribution in [3.63, 3.8) is 0 Å². The summed E-state index contributed by atoms with van der Waals surface area (Å²) < 4.78 is 0. The molecular weight excluding hydrogens is 238 g/mol. The van der Waals surface area contributed by atoms with Gasteiger partial charge in [0, 0.05) is 23.6 Å². The molecule has 1 rings (SSSR count). The van der Waals surface area contributed by atoms with Crippen LogP contribution in [-0.4, -0.2) is 17.6 Å². The summed E-state index contributed by atoms with van der Waals surface area (Å²) in [5, 5.41) is 13.1. The van der Waals surface area contributed by atoms with E-state index in [2.05, 4.69) is 5.32 Å². The predicted octanol–water partition coefficient (Wildman–Crippen LogP) is 2.68. The van der Waals surface area contributed by atoms with Crippen molar-refractivity contribution in [2.24, 2.45) is 0 Å². The van der Waals surface area contributed by atoms with Crippen LogP contribution < -0.4 is 5.32 Å². The minimum atomic E-state index is -0.755. The van der Waals surface area contributed by atoms with Gasteiger partial charge in [0.15, 0.2) is 0 Å². The van der Waals surface area contributed by atoms with E-state index in [0.717, 1.165) is 12.8 Å². The third kappa shape index (κ3) is 4.75. The Morgan fingerprint density at radius 3 is 2.82 bits per heavy atom. The summed E-state index contributed by atoms with van der Waals surface area (Å²) in [6.07, 6.45) is 1.61. The average Bonchev–Trinajstić information content (AvgIpc) is 2.34. The highest BCUT2D eigenvalue weighted by Gasteiger charge is 2.11.